The van der Waals surface area contributed by atoms with Crippen molar-refractivity contribution in [3.63, 3.8) is 0 Å². The SMILES string of the molecule is COc1ccc(C(=O)N2CCC(Oc3ccc(Cl)cc3)CC2)cc1OC. The average molecular weight is 376 g/mol. The Balaban J connectivity index is 1.59. The van der Waals surface area contributed by atoms with E-state index in [1.807, 2.05) is 29.2 Å². The zero-order valence-electron chi connectivity index (χ0n) is 14.9. The highest BCUT2D eigenvalue weighted by Gasteiger charge is 2.25. The molecule has 2 aromatic carbocycles. The van der Waals surface area contributed by atoms with Gasteiger partial charge in [-0.05, 0) is 42.5 Å². The normalized spacial score (nSPS) is 14.8. The summed E-state index contributed by atoms with van der Waals surface area (Å²) in [7, 11) is 3.14. The van der Waals surface area contributed by atoms with E-state index in [1.165, 1.54) is 0 Å². The molecule has 0 radical (unpaired) electrons. The van der Waals surface area contributed by atoms with Gasteiger partial charge in [0.1, 0.15) is 11.9 Å². The van der Waals surface area contributed by atoms with Crippen molar-refractivity contribution in [2.24, 2.45) is 0 Å². The van der Waals surface area contributed by atoms with Gasteiger partial charge in [0.05, 0.1) is 14.2 Å². The molecule has 3 rings (SSSR count). The summed E-state index contributed by atoms with van der Waals surface area (Å²) in [5.41, 5.74) is 0.597. The number of nitrogens with zero attached hydrogens (tertiary/aromatic N) is 1. The van der Waals surface area contributed by atoms with Gasteiger partial charge < -0.3 is 19.1 Å². The molecule has 0 bridgehead atoms. The molecular formula is C20H22ClNO4. The van der Waals surface area contributed by atoms with Gasteiger partial charge in [0.15, 0.2) is 11.5 Å². The summed E-state index contributed by atoms with van der Waals surface area (Å²) in [5.74, 6) is 1.97. The Morgan fingerprint density at radius 3 is 2.27 bits per heavy atom. The number of methoxy groups -OCH3 is 2. The van der Waals surface area contributed by atoms with Crippen LogP contribution in [-0.2, 0) is 0 Å². The number of carbonyl (C=O) groups excluding carboxylic acids is 1. The van der Waals surface area contributed by atoms with E-state index in [2.05, 4.69) is 0 Å². The third kappa shape index (κ3) is 4.22. The van der Waals surface area contributed by atoms with Crippen molar-refractivity contribution < 1.29 is 19.0 Å². The van der Waals surface area contributed by atoms with Crippen LogP contribution in [0, 0.1) is 0 Å². The Bertz CT molecular complexity index is 755. The van der Waals surface area contributed by atoms with Gasteiger partial charge >= 0.3 is 0 Å². The van der Waals surface area contributed by atoms with Crippen molar-refractivity contribution in [1.29, 1.82) is 0 Å². The quantitative estimate of drug-likeness (QED) is 0.791. The predicted octanol–water partition coefficient (Wildman–Crippen LogP) is 4.04. The molecule has 138 valence electrons. The van der Waals surface area contributed by atoms with E-state index < -0.39 is 0 Å². The monoisotopic (exact) mass is 375 g/mol. The Morgan fingerprint density at radius 2 is 1.65 bits per heavy atom. The second-order valence-electron chi connectivity index (χ2n) is 6.13. The molecule has 1 aliphatic rings. The first-order valence-electron chi connectivity index (χ1n) is 8.54. The smallest absolute Gasteiger partial charge is 0.253 e. The third-order valence-corrected chi connectivity index (χ3v) is 4.73. The van der Waals surface area contributed by atoms with Crippen LogP contribution in [0.15, 0.2) is 42.5 Å². The van der Waals surface area contributed by atoms with E-state index in [4.69, 9.17) is 25.8 Å². The zero-order valence-corrected chi connectivity index (χ0v) is 15.7. The molecule has 5 nitrogen and oxygen atoms in total. The van der Waals surface area contributed by atoms with Crippen LogP contribution in [0.4, 0.5) is 0 Å². The van der Waals surface area contributed by atoms with Gasteiger partial charge in [-0.25, -0.2) is 0 Å². The highest BCUT2D eigenvalue weighted by molar-refractivity contribution is 6.30. The molecular weight excluding hydrogens is 354 g/mol. The van der Waals surface area contributed by atoms with E-state index in [9.17, 15) is 4.79 Å². The first kappa shape index (κ1) is 18.4. The lowest BCUT2D eigenvalue weighted by Crippen LogP contribution is -2.41. The van der Waals surface area contributed by atoms with Gasteiger partial charge in [-0.15, -0.1) is 0 Å². The molecule has 0 atom stereocenters. The van der Waals surface area contributed by atoms with Gasteiger partial charge in [-0.1, -0.05) is 11.6 Å². The number of piperidine rings is 1. The molecule has 26 heavy (non-hydrogen) atoms. The highest BCUT2D eigenvalue weighted by Crippen LogP contribution is 2.29. The zero-order chi connectivity index (χ0) is 18.5. The Hall–Kier alpha value is -2.40. The van der Waals surface area contributed by atoms with Crippen molar-refractivity contribution in [3.05, 3.63) is 53.1 Å². The highest BCUT2D eigenvalue weighted by atomic mass is 35.5. The topological polar surface area (TPSA) is 48.0 Å². The van der Waals surface area contributed by atoms with Crippen LogP contribution in [0.3, 0.4) is 0 Å². The van der Waals surface area contributed by atoms with E-state index in [0.717, 1.165) is 18.6 Å². The summed E-state index contributed by atoms with van der Waals surface area (Å²) in [6.07, 6.45) is 1.69. The van der Waals surface area contributed by atoms with Crippen LogP contribution < -0.4 is 14.2 Å². The van der Waals surface area contributed by atoms with Crippen LogP contribution >= 0.6 is 11.6 Å². The molecule has 1 saturated heterocycles. The van der Waals surface area contributed by atoms with E-state index in [-0.39, 0.29) is 12.0 Å². The summed E-state index contributed by atoms with van der Waals surface area (Å²) in [5, 5.41) is 0.688. The molecule has 0 saturated carbocycles. The molecule has 1 fully saturated rings. The van der Waals surface area contributed by atoms with Crippen molar-refractivity contribution in [2.75, 3.05) is 27.3 Å². The van der Waals surface area contributed by atoms with Crippen LogP contribution in [0.25, 0.3) is 0 Å². The largest absolute Gasteiger partial charge is 0.493 e. The Kier molecular flexibility index (Phi) is 5.89. The first-order chi connectivity index (χ1) is 12.6. The van der Waals surface area contributed by atoms with Crippen molar-refractivity contribution >= 4 is 17.5 Å². The number of benzene rings is 2. The number of likely N-dealkylation sites (tertiary alicyclic amines) is 1. The maximum absolute atomic E-state index is 12.7. The minimum absolute atomic E-state index is 0.00380. The molecule has 0 unspecified atom stereocenters. The van der Waals surface area contributed by atoms with E-state index >= 15 is 0 Å². The van der Waals surface area contributed by atoms with Crippen molar-refractivity contribution in [3.8, 4) is 17.2 Å². The fourth-order valence-electron chi connectivity index (χ4n) is 3.03. The van der Waals surface area contributed by atoms with Gasteiger partial charge in [0, 0.05) is 36.5 Å². The standard InChI is InChI=1S/C20H22ClNO4/c1-24-18-8-3-14(13-19(18)25-2)20(23)22-11-9-17(10-12-22)26-16-6-4-15(21)5-7-16/h3-8,13,17H,9-12H2,1-2H3. The number of carbonyl (C=O) groups is 1. The molecule has 1 amide bonds. The van der Waals surface area contributed by atoms with Crippen LogP contribution in [0.1, 0.15) is 23.2 Å². The van der Waals surface area contributed by atoms with Gasteiger partial charge in [0.2, 0.25) is 0 Å². The minimum Gasteiger partial charge on any atom is -0.493 e. The molecule has 1 aliphatic heterocycles. The van der Waals surface area contributed by atoms with Crippen molar-refractivity contribution in [1.82, 2.24) is 4.90 Å². The maximum atomic E-state index is 12.7. The first-order valence-corrected chi connectivity index (χ1v) is 8.92. The number of rotatable bonds is 5. The second kappa shape index (κ2) is 8.32. The summed E-state index contributed by atoms with van der Waals surface area (Å²) in [6, 6.07) is 12.6. The van der Waals surface area contributed by atoms with Gasteiger partial charge in [-0.3, -0.25) is 4.79 Å². The predicted molar refractivity (Wildman–Crippen MR) is 101 cm³/mol. The molecule has 0 N–H and O–H groups in total. The summed E-state index contributed by atoms with van der Waals surface area (Å²) < 4.78 is 16.5. The van der Waals surface area contributed by atoms with Crippen LogP contribution in [0.2, 0.25) is 5.02 Å². The second-order valence-corrected chi connectivity index (χ2v) is 6.57. The molecule has 0 spiro atoms. The molecule has 1 heterocycles. The number of hydrogen-bond donors (Lipinski definition) is 0. The molecule has 0 aliphatic carbocycles. The van der Waals surface area contributed by atoms with Crippen LogP contribution in [0.5, 0.6) is 17.2 Å². The van der Waals surface area contributed by atoms with Gasteiger partial charge in [0.25, 0.3) is 5.91 Å². The number of halogens is 1. The van der Waals surface area contributed by atoms with E-state index in [1.54, 1.807) is 32.4 Å². The lowest BCUT2D eigenvalue weighted by Gasteiger charge is -2.32. The van der Waals surface area contributed by atoms with Crippen LogP contribution in [-0.4, -0.2) is 44.2 Å². The minimum atomic E-state index is -0.00380. The molecule has 2 aromatic rings. The average Bonchev–Trinajstić information content (AvgIpc) is 2.69. The number of amides is 1. The number of ether oxygens (including phenoxy) is 3. The number of hydrogen-bond acceptors (Lipinski definition) is 4. The van der Waals surface area contributed by atoms with Gasteiger partial charge in [-0.2, -0.15) is 0 Å². The maximum Gasteiger partial charge on any atom is 0.253 e. The Morgan fingerprint density at radius 1 is 1.00 bits per heavy atom. The summed E-state index contributed by atoms with van der Waals surface area (Å²) in [6.45, 7) is 1.32. The van der Waals surface area contributed by atoms with Crippen molar-refractivity contribution in [2.45, 2.75) is 18.9 Å². The van der Waals surface area contributed by atoms with E-state index in [0.29, 0.717) is 35.2 Å². The summed E-state index contributed by atoms with van der Waals surface area (Å²) in [4.78, 5) is 14.6. The molecule has 0 aromatic heterocycles. The summed E-state index contributed by atoms with van der Waals surface area (Å²) >= 11 is 5.89. The fraction of sp³-hybridized carbons (Fsp3) is 0.350. The lowest BCUT2D eigenvalue weighted by molar-refractivity contribution is 0.0595. The molecule has 6 heteroatoms. The lowest BCUT2D eigenvalue weighted by atomic mass is 10.1. The third-order valence-electron chi connectivity index (χ3n) is 4.48. The fourth-order valence-corrected chi connectivity index (χ4v) is 3.16. The Labute approximate surface area is 158 Å².